The third-order valence-corrected chi connectivity index (χ3v) is 2.89. The molecule has 0 aliphatic rings. The van der Waals surface area contributed by atoms with Gasteiger partial charge in [0.2, 0.25) is 0 Å². The zero-order chi connectivity index (χ0) is 10.0. The number of phenolic OH excluding ortho intramolecular Hbond substituents is 1. The quantitative estimate of drug-likeness (QED) is 0.744. The average molecular weight is 404 g/mol. The maximum atomic E-state index is 10.4. The molecule has 0 heterocycles. The predicted molar refractivity (Wildman–Crippen MR) is 64.9 cm³/mol. The number of carboxylic acids is 1. The van der Waals surface area contributed by atoms with Crippen LogP contribution < -0.4 is 0 Å². The van der Waals surface area contributed by atoms with E-state index in [0.29, 0.717) is 9.13 Å². The van der Waals surface area contributed by atoms with Crippen LogP contribution in [-0.2, 0) is 11.2 Å². The van der Waals surface area contributed by atoms with Gasteiger partial charge >= 0.3 is 5.97 Å². The lowest BCUT2D eigenvalue weighted by Crippen LogP contribution is -2.01. The van der Waals surface area contributed by atoms with E-state index in [0.717, 1.165) is 3.57 Å². The summed E-state index contributed by atoms with van der Waals surface area (Å²) in [6.45, 7) is 0. The first-order valence-corrected chi connectivity index (χ1v) is 5.55. The highest BCUT2D eigenvalue weighted by Gasteiger charge is 2.10. The second-order valence-corrected chi connectivity index (χ2v) is 4.87. The highest BCUT2D eigenvalue weighted by Crippen LogP contribution is 2.27. The van der Waals surface area contributed by atoms with Crippen LogP contribution in [0.15, 0.2) is 12.1 Å². The molecule has 0 amide bonds. The molecule has 0 bridgehead atoms. The Morgan fingerprint density at radius 2 is 2.00 bits per heavy atom. The van der Waals surface area contributed by atoms with Gasteiger partial charge in [-0.3, -0.25) is 4.79 Å². The van der Waals surface area contributed by atoms with E-state index >= 15 is 0 Å². The standard InChI is InChI=1S/C8H6I2O3/c9-5-1-4(2-7(11)12)8(13)6(10)3-5/h1,3,13H,2H2,(H,11,12). The van der Waals surface area contributed by atoms with Crippen LogP contribution in [0.5, 0.6) is 5.75 Å². The lowest BCUT2D eigenvalue weighted by Gasteiger charge is -2.04. The Hall–Kier alpha value is -0.0500. The van der Waals surface area contributed by atoms with E-state index < -0.39 is 5.97 Å². The number of carboxylic acid groups (broad SMARTS) is 1. The van der Waals surface area contributed by atoms with E-state index in [2.05, 4.69) is 22.6 Å². The molecule has 1 aromatic rings. The first-order valence-electron chi connectivity index (χ1n) is 3.39. The highest BCUT2D eigenvalue weighted by molar-refractivity contribution is 14.1. The van der Waals surface area contributed by atoms with Crippen molar-refractivity contribution in [1.82, 2.24) is 0 Å². The van der Waals surface area contributed by atoms with Crippen LogP contribution in [0, 0.1) is 7.14 Å². The van der Waals surface area contributed by atoms with Crippen LogP contribution in [0.1, 0.15) is 5.56 Å². The molecule has 0 aliphatic heterocycles. The maximum absolute atomic E-state index is 10.4. The largest absolute Gasteiger partial charge is 0.507 e. The van der Waals surface area contributed by atoms with Crippen LogP contribution in [0.4, 0.5) is 0 Å². The Kier molecular flexibility index (Phi) is 3.77. The minimum absolute atomic E-state index is 0.0726. The van der Waals surface area contributed by atoms with Crippen LogP contribution in [0.2, 0.25) is 0 Å². The van der Waals surface area contributed by atoms with Crippen molar-refractivity contribution in [3.05, 3.63) is 24.8 Å². The molecule has 3 nitrogen and oxygen atoms in total. The molecule has 0 aliphatic carbocycles. The molecule has 13 heavy (non-hydrogen) atoms. The van der Waals surface area contributed by atoms with Gasteiger partial charge in [-0.1, -0.05) is 0 Å². The molecule has 0 radical (unpaired) electrons. The normalized spacial score (nSPS) is 10.0. The molecule has 0 saturated carbocycles. The van der Waals surface area contributed by atoms with Crippen molar-refractivity contribution in [2.24, 2.45) is 0 Å². The Bertz CT molecular complexity index is 349. The number of benzene rings is 1. The van der Waals surface area contributed by atoms with Gasteiger partial charge in [-0.2, -0.15) is 0 Å². The van der Waals surface area contributed by atoms with Crippen LogP contribution in [0.3, 0.4) is 0 Å². The number of aliphatic carboxylic acids is 1. The average Bonchev–Trinajstić information content (AvgIpc) is 1.98. The van der Waals surface area contributed by atoms with Crippen molar-refractivity contribution >= 4 is 51.2 Å². The molecule has 0 spiro atoms. The zero-order valence-corrected chi connectivity index (χ0v) is 10.7. The van der Waals surface area contributed by atoms with Crippen molar-refractivity contribution in [1.29, 1.82) is 0 Å². The van der Waals surface area contributed by atoms with E-state index in [4.69, 9.17) is 5.11 Å². The third-order valence-electron chi connectivity index (χ3n) is 1.45. The molecule has 70 valence electrons. The first-order chi connectivity index (χ1) is 6.00. The minimum atomic E-state index is -0.937. The third kappa shape index (κ3) is 2.97. The van der Waals surface area contributed by atoms with Gasteiger partial charge in [0.25, 0.3) is 0 Å². The van der Waals surface area contributed by atoms with Crippen LogP contribution in [-0.4, -0.2) is 16.2 Å². The summed E-state index contributed by atoms with van der Waals surface area (Å²) in [6, 6.07) is 3.47. The molecule has 5 heteroatoms. The van der Waals surface area contributed by atoms with Gasteiger partial charge in [0.05, 0.1) is 9.99 Å². The van der Waals surface area contributed by atoms with Gasteiger partial charge in [0.15, 0.2) is 0 Å². The molecule has 1 aromatic carbocycles. The zero-order valence-electron chi connectivity index (χ0n) is 6.42. The van der Waals surface area contributed by atoms with Gasteiger partial charge in [-0.05, 0) is 57.3 Å². The van der Waals surface area contributed by atoms with E-state index in [1.54, 1.807) is 12.1 Å². The number of aromatic hydroxyl groups is 1. The number of hydrogen-bond acceptors (Lipinski definition) is 2. The van der Waals surface area contributed by atoms with Crippen molar-refractivity contribution < 1.29 is 15.0 Å². The highest BCUT2D eigenvalue weighted by atomic mass is 127. The number of carbonyl (C=O) groups is 1. The van der Waals surface area contributed by atoms with E-state index in [1.165, 1.54) is 0 Å². The fourth-order valence-corrected chi connectivity index (χ4v) is 2.88. The lowest BCUT2D eigenvalue weighted by molar-refractivity contribution is -0.136. The van der Waals surface area contributed by atoms with Crippen molar-refractivity contribution in [2.45, 2.75) is 6.42 Å². The van der Waals surface area contributed by atoms with Gasteiger partial charge in [-0.25, -0.2) is 0 Å². The van der Waals surface area contributed by atoms with Gasteiger partial charge in [0.1, 0.15) is 5.75 Å². The van der Waals surface area contributed by atoms with Gasteiger partial charge in [-0.15, -0.1) is 0 Å². The second-order valence-electron chi connectivity index (χ2n) is 2.47. The Morgan fingerprint density at radius 3 is 2.54 bits per heavy atom. The second kappa shape index (κ2) is 4.45. The van der Waals surface area contributed by atoms with Gasteiger partial charge in [0, 0.05) is 9.13 Å². The van der Waals surface area contributed by atoms with Crippen molar-refractivity contribution in [3.8, 4) is 5.75 Å². The van der Waals surface area contributed by atoms with Crippen molar-refractivity contribution in [3.63, 3.8) is 0 Å². The Balaban J connectivity index is 3.12. The minimum Gasteiger partial charge on any atom is -0.507 e. The molecule has 0 fully saturated rings. The summed E-state index contributed by atoms with van der Waals surface area (Å²) in [5.41, 5.74) is 0.462. The van der Waals surface area contributed by atoms with E-state index in [9.17, 15) is 9.90 Å². The molecule has 1 rings (SSSR count). The summed E-state index contributed by atoms with van der Waals surface area (Å²) in [4.78, 5) is 10.4. The number of rotatable bonds is 2. The molecule has 0 unspecified atom stereocenters. The van der Waals surface area contributed by atoms with Crippen molar-refractivity contribution in [2.75, 3.05) is 0 Å². The van der Waals surface area contributed by atoms with Crippen LogP contribution in [0.25, 0.3) is 0 Å². The Labute approximate surface area is 102 Å². The Morgan fingerprint density at radius 1 is 1.38 bits per heavy atom. The SMILES string of the molecule is O=C(O)Cc1cc(I)cc(I)c1O. The van der Waals surface area contributed by atoms with E-state index in [1.807, 2.05) is 22.6 Å². The molecular weight excluding hydrogens is 398 g/mol. The predicted octanol–water partition coefficient (Wildman–Crippen LogP) is 2.23. The summed E-state index contributed by atoms with van der Waals surface area (Å²) in [5.74, 6) is -0.864. The summed E-state index contributed by atoms with van der Waals surface area (Å²) in [7, 11) is 0. The summed E-state index contributed by atoms with van der Waals surface area (Å²) >= 11 is 4.06. The summed E-state index contributed by atoms with van der Waals surface area (Å²) in [5, 5.41) is 18.1. The maximum Gasteiger partial charge on any atom is 0.307 e. The first kappa shape index (κ1) is 11.0. The molecule has 0 atom stereocenters. The topological polar surface area (TPSA) is 57.5 Å². The van der Waals surface area contributed by atoms with E-state index in [-0.39, 0.29) is 12.2 Å². The lowest BCUT2D eigenvalue weighted by atomic mass is 10.1. The van der Waals surface area contributed by atoms with Crippen LogP contribution >= 0.6 is 45.2 Å². The monoisotopic (exact) mass is 404 g/mol. The number of phenols is 1. The molecule has 0 saturated heterocycles. The number of halogens is 2. The molecule has 0 aromatic heterocycles. The van der Waals surface area contributed by atoms with Gasteiger partial charge < -0.3 is 10.2 Å². The summed E-state index contributed by atoms with van der Waals surface area (Å²) < 4.78 is 1.61. The fraction of sp³-hybridized carbons (Fsp3) is 0.125. The fourth-order valence-electron chi connectivity index (χ4n) is 0.917. The summed E-state index contributed by atoms with van der Waals surface area (Å²) in [6.07, 6.45) is -0.140. The smallest absolute Gasteiger partial charge is 0.307 e. The number of hydrogen-bond donors (Lipinski definition) is 2. The molecular formula is C8H6I2O3. The molecule has 2 N–H and O–H groups in total.